The molecular weight excluding hydrogens is 382 g/mol. The van der Waals surface area contributed by atoms with Gasteiger partial charge in [0, 0.05) is 3.57 Å². The molecule has 0 aromatic heterocycles. The molecule has 2 nitrogen and oxygen atoms in total. The van der Waals surface area contributed by atoms with Crippen molar-refractivity contribution in [2.45, 2.75) is 6.92 Å². The molecule has 2 rings (SSSR count). The van der Waals surface area contributed by atoms with Crippen LogP contribution in [0.4, 0.5) is 18.9 Å². The fraction of sp³-hybridized carbons (Fsp3) is 0.0714. The van der Waals surface area contributed by atoms with Crippen LogP contribution in [-0.4, -0.2) is 5.91 Å². The molecular formula is C14H9F3INO. The highest BCUT2D eigenvalue weighted by Crippen LogP contribution is 2.21. The van der Waals surface area contributed by atoms with Crippen LogP contribution in [0, 0.1) is 27.9 Å². The summed E-state index contributed by atoms with van der Waals surface area (Å²) < 4.78 is 40.2. The molecule has 0 atom stereocenters. The van der Waals surface area contributed by atoms with Gasteiger partial charge < -0.3 is 5.32 Å². The van der Waals surface area contributed by atoms with Crippen molar-refractivity contribution in [3.05, 3.63) is 62.5 Å². The minimum absolute atomic E-state index is 0.477. The molecule has 104 valence electrons. The number of halogens is 4. The standard InChI is InChI=1S/C14H9F3INO/c1-7-2-5-11(10(18)6-7)19-14(20)8-3-4-9(15)13(17)12(8)16/h2-6H,1H3,(H,19,20). The largest absolute Gasteiger partial charge is 0.321 e. The van der Waals surface area contributed by atoms with Crippen LogP contribution in [0.3, 0.4) is 0 Å². The Morgan fingerprint density at radius 3 is 2.45 bits per heavy atom. The van der Waals surface area contributed by atoms with Crippen molar-refractivity contribution in [1.29, 1.82) is 0 Å². The number of hydrogen-bond donors (Lipinski definition) is 1. The van der Waals surface area contributed by atoms with Crippen LogP contribution in [0.5, 0.6) is 0 Å². The molecule has 1 amide bonds. The molecule has 20 heavy (non-hydrogen) atoms. The van der Waals surface area contributed by atoms with Crippen LogP contribution in [-0.2, 0) is 0 Å². The van der Waals surface area contributed by atoms with Gasteiger partial charge in [0.15, 0.2) is 17.5 Å². The van der Waals surface area contributed by atoms with Crippen molar-refractivity contribution in [1.82, 2.24) is 0 Å². The normalized spacial score (nSPS) is 10.4. The first-order chi connectivity index (χ1) is 9.40. The summed E-state index contributed by atoms with van der Waals surface area (Å²) in [5, 5.41) is 2.47. The Labute approximate surface area is 127 Å². The third-order valence-corrected chi connectivity index (χ3v) is 3.55. The van der Waals surface area contributed by atoms with E-state index < -0.39 is 28.9 Å². The molecule has 0 aliphatic rings. The van der Waals surface area contributed by atoms with Crippen molar-refractivity contribution in [3.63, 3.8) is 0 Å². The lowest BCUT2D eigenvalue weighted by Gasteiger charge is -2.09. The molecule has 2 aromatic carbocycles. The van der Waals surface area contributed by atoms with Crippen LogP contribution >= 0.6 is 22.6 Å². The molecule has 2 aromatic rings. The van der Waals surface area contributed by atoms with Crippen LogP contribution in [0.25, 0.3) is 0 Å². The van der Waals surface area contributed by atoms with Gasteiger partial charge in [-0.15, -0.1) is 0 Å². The fourth-order valence-corrected chi connectivity index (χ4v) is 2.42. The molecule has 0 unspecified atom stereocenters. The highest BCUT2D eigenvalue weighted by atomic mass is 127. The Bertz CT molecular complexity index is 688. The number of aryl methyl sites for hydroxylation is 1. The van der Waals surface area contributed by atoms with E-state index in [0.717, 1.165) is 15.2 Å². The molecule has 0 fully saturated rings. The highest BCUT2D eigenvalue weighted by Gasteiger charge is 2.19. The smallest absolute Gasteiger partial charge is 0.258 e. The van der Waals surface area contributed by atoms with Gasteiger partial charge >= 0.3 is 0 Å². The minimum Gasteiger partial charge on any atom is -0.321 e. The lowest BCUT2D eigenvalue weighted by atomic mass is 10.1. The summed E-state index contributed by atoms with van der Waals surface area (Å²) in [5.41, 5.74) is 0.942. The van der Waals surface area contributed by atoms with Crippen LogP contribution < -0.4 is 5.32 Å². The molecule has 0 spiro atoms. The predicted molar refractivity (Wildman–Crippen MR) is 78.2 cm³/mol. The van der Waals surface area contributed by atoms with Crippen LogP contribution in [0.1, 0.15) is 15.9 Å². The van der Waals surface area contributed by atoms with Crippen molar-refractivity contribution in [2.75, 3.05) is 5.32 Å². The molecule has 1 N–H and O–H groups in total. The van der Waals surface area contributed by atoms with E-state index in [-0.39, 0.29) is 0 Å². The summed E-state index contributed by atoms with van der Waals surface area (Å²) >= 11 is 2.02. The molecule has 0 bridgehead atoms. The summed E-state index contributed by atoms with van der Waals surface area (Å²) in [5.74, 6) is -5.31. The number of hydrogen-bond acceptors (Lipinski definition) is 1. The average Bonchev–Trinajstić information content (AvgIpc) is 2.39. The first-order valence-corrected chi connectivity index (χ1v) is 6.69. The number of benzene rings is 2. The summed E-state index contributed by atoms with van der Waals surface area (Å²) in [6.45, 7) is 1.89. The Hall–Kier alpha value is -1.57. The summed E-state index contributed by atoms with van der Waals surface area (Å²) in [4.78, 5) is 11.9. The predicted octanol–water partition coefficient (Wildman–Crippen LogP) is 4.27. The number of carbonyl (C=O) groups excluding carboxylic acids is 1. The van der Waals surface area contributed by atoms with E-state index in [0.29, 0.717) is 11.8 Å². The minimum atomic E-state index is -1.66. The van der Waals surface area contributed by atoms with Gasteiger partial charge in [-0.1, -0.05) is 6.07 Å². The maximum atomic E-state index is 13.5. The summed E-state index contributed by atoms with van der Waals surface area (Å²) in [6, 6.07) is 6.89. The quantitative estimate of drug-likeness (QED) is 0.602. The number of amides is 1. The van der Waals surface area contributed by atoms with Gasteiger partial charge in [-0.25, -0.2) is 13.2 Å². The topological polar surface area (TPSA) is 29.1 Å². The van der Waals surface area contributed by atoms with E-state index in [1.54, 1.807) is 12.1 Å². The highest BCUT2D eigenvalue weighted by molar-refractivity contribution is 14.1. The molecule has 0 saturated carbocycles. The van der Waals surface area contributed by atoms with E-state index in [2.05, 4.69) is 5.32 Å². The Morgan fingerprint density at radius 2 is 1.80 bits per heavy atom. The molecule has 0 aliphatic heterocycles. The van der Waals surface area contributed by atoms with E-state index in [1.807, 2.05) is 35.6 Å². The number of rotatable bonds is 2. The van der Waals surface area contributed by atoms with Gasteiger partial charge in [0.05, 0.1) is 11.3 Å². The Morgan fingerprint density at radius 1 is 1.10 bits per heavy atom. The molecule has 0 saturated heterocycles. The van der Waals surface area contributed by atoms with E-state index in [1.165, 1.54) is 0 Å². The van der Waals surface area contributed by atoms with E-state index in [4.69, 9.17) is 0 Å². The molecule has 0 aliphatic carbocycles. The monoisotopic (exact) mass is 391 g/mol. The zero-order valence-electron chi connectivity index (χ0n) is 10.3. The molecule has 6 heteroatoms. The van der Waals surface area contributed by atoms with Gasteiger partial charge in [0.25, 0.3) is 5.91 Å². The van der Waals surface area contributed by atoms with Crippen molar-refractivity contribution >= 4 is 34.2 Å². The zero-order chi connectivity index (χ0) is 14.9. The van der Waals surface area contributed by atoms with Crippen LogP contribution in [0.2, 0.25) is 0 Å². The zero-order valence-corrected chi connectivity index (χ0v) is 12.5. The SMILES string of the molecule is Cc1ccc(NC(=O)c2ccc(F)c(F)c2F)c(I)c1. The lowest BCUT2D eigenvalue weighted by molar-refractivity contribution is 0.102. The first kappa shape index (κ1) is 14.8. The van der Waals surface area contributed by atoms with Gasteiger partial charge in [0.1, 0.15) is 0 Å². The number of nitrogens with one attached hydrogen (secondary N) is 1. The maximum Gasteiger partial charge on any atom is 0.258 e. The van der Waals surface area contributed by atoms with E-state index >= 15 is 0 Å². The van der Waals surface area contributed by atoms with Crippen molar-refractivity contribution < 1.29 is 18.0 Å². The second-order valence-electron chi connectivity index (χ2n) is 4.16. The third kappa shape index (κ3) is 2.95. The third-order valence-electron chi connectivity index (χ3n) is 2.65. The fourth-order valence-electron chi connectivity index (χ4n) is 1.61. The second-order valence-corrected chi connectivity index (χ2v) is 5.32. The first-order valence-electron chi connectivity index (χ1n) is 5.61. The van der Waals surface area contributed by atoms with Crippen LogP contribution in [0.15, 0.2) is 30.3 Å². The summed E-state index contributed by atoms with van der Waals surface area (Å²) in [7, 11) is 0. The van der Waals surface area contributed by atoms with E-state index in [9.17, 15) is 18.0 Å². The Kier molecular flexibility index (Phi) is 4.32. The lowest BCUT2D eigenvalue weighted by Crippen LogP contribution is -2.16. The maximum absolute atomic E-state index is 13.5. The number of anilines is 1. The van der Waals surface area contributed by atoms with Gasteiger partial charge in [-0.05, 0) is 59.3 Å². The Balaban J connectivity index is 2.31. The average molecular weight is 391 g/mol. The molecule has 0 radical (unpaired) electrons. The van der Waals surface area contributed by atoms with Gasteiger partial charge in [0.2, 0.25) is 0 Å². The summed E-state index contributed by atoms with van der Waals surface area (Å²) in [6.07, 6.45) is 0. The van der Waals surface area contributed by atoms with Crippen molar-refractivity contribution in [3.8, 4) is 0 Å². The van der Waals surface area contributed by atoms with Gasteiger partial charge in [-0.3, -0.25) is 4.79 Å². The van der Waals surface area contributed by atoms with Gasteiger partial charge in [-0.2, -0.15) is 0 Å². The van der Waals surface area contributed by atoms with Crippen molar-refractivity contribution in [2.24, 2.45) is 0 Å². The molecule has 0 heterocycles. The number of carbonyl (C=O) groups is 1. The second kappa shape index (κ2) is 5.82.